The van der Waals surface area contributed by atoms with Crippen LogP contribution < -0.4 is 25.5 Å². The quantitative estimate of drug-likeness (QED) is 0.692. The van der Waals surface area contributed by atoms with Gasteiger partial charge in [0.1, 0.15) is 0 Å². The number of benzene rings is 1. The molecule has 0 bridgehead atoms. The van der Waals surface area contributed by atoms with Crippen LogP contribution in [0.5, 0.6) is 17.2 Å². The number of rotatable bonds is 4. The van der Waals surface area contributed by atoms with Gasteiger partial charge in [0.2, 0.25) is 11.7 Å². The van der Waals surface area contributed by atoms with E-state index in [0.717, 1.165) is 0 Å². The van der Waals surface area contributed by atoms with Gasteiger partial charge in [-0.05, 0) is 12.1 Å². The Morgan fingerprint density at radius 2 is 1.83 bits per heavy atom. The second-order valence-electron chi connectivity index (χ2n) is 4.48. The lowest BCUT2D eigenvalue weighted by atomic mass is 10.1. The molecular weight excluding hydrogens is 304 g/mol. The van der Waals surface area contributed by atoms with Gasteiger partial charge in [-0.15, -0.1) is 10.2 Å². The highest BCUT2D eigenvalue weighted by molar-refractivity contribution is 5.73. The summed E-state index contributed by atoms with van der Waals surface area (Å²) in [5.41, 5.74) is 5.71. The highest BCUT2D eigenvalue weighted by atomic mass is 16.5. The molecule has 0 saturated heterocycles. The van der Waals surface area contributed by atoms with E-state index >= 15 is 0 Å². The molecule has 1 aromatic carbocycles. The van der Waals surface area contributed by atoms with Crippen molar-refractivity contribution in [2.75, 3.05) is 27.1 Å². The average Bonchev–Trinajstić information content (AvgIpc) is 2.92. The number of fused-ring (bicyclic) bond motifs is 1. The Bertz CT molecular complexity index is 932. The minimum atomic E-state index is -0.463. The van der Waals surface area contributed by atoms with Gasteiger partial charge in [0.25, 0.3) is 11.3 Å². The Kier molecular flexibility index (Phi) is 3.48. The second kappa shape index (κ2) is 5.48. The largest absolute Gasteiger partial charge is 0.493 e. The van der Waals surface area contributed by atoms with Crippen LogP contribution in [-0.2, 0) is 0 Å². The summed E-state index contributed by atoms with van der Waals surface area (Å²) in [5, 5.41) is 11.6. The Morgan fingerprint density at radius 1 is 1.09 bits per heavy atom. The number of nitrogen functional groups attached to an aromatic ring is 1. The topological polar surface area (TPSA) is 130 Å². The van der Waals surface area contributed by atoms with E-state index in [4.69, 9.17) is 19.9 Å². The van der Waals surface area contributed by atoms with Crippen molar-refractivity contribution in [3.8, 4) is 28.5 Å². The van der Waals surface area contributed by atoms with Crippen LogP contribution in [0.2, 0.25) is 0 Å². The number of nitrogens with one attached hydrogen (secondary N) is 1. The number of H-pyrrole nitrogens is 1. The van der Waals surface area contributed by atoms with Gasteiger partial charge in [0.15, 0.2) is 17.2 Å². The van der Waals surface area contributed by atoms with Gasteiger partial charge in [0.05, 0.1) is 26.9 Å². The zero-order valence-electron chi connectivity index (χ0n) is 12.7. The molecule has 0 spiro atoms. The van der Waals surface area contributed by atoms with Crippen molar-refractivity contribution in [3.63, 3.8) is 0 Å². The van der Waals surface area contributed by atoms with Gasteiger partial charge in [-0.1, -0.05) is 0 Å². The Balaban J connectivity index is 2.32. The maximum Gasteiger partial charge on any atom is 0.279 e. The van der Waals surface area contributed by atoms with Gasteiger partial charge in [-0.3, -0.25) is 9.78 Å². The molecule has 0 aliphatic heterocycles. The summed E-state index contributed by atoms with van der Waals surface area (Å²) < 4.78 is 17.1. The van der Waals surface area contributed by atoms with Crippen LogP contribution in [0.4, 0.5) is 5.95 Å². The smallest absolute Gasteiger partial charge is 0.279 e. The molecule has 0 amide bonds. The first-order chi connectivity index (χ1) is 11.1. The molecule has 23 heavy (non-hydrogen) atoms. The third-order valence-corrected chi connectivity index (χ3v) is 3.26. The molecule has 3 aromatic rings. The minimum absolute atomic E-state index is 0.0527. The minimum Gasteiger partial charge on any atom is -0.493 e. The summed E-state index contributed by atoms with van der Waals surface area (Å²) in [4.78, 5) is 14.9. The monoisotopic (exact) mass is 318 g/mol. The van der Waals surface area contributed by atoms with Crippen LogP contribution >= 0.6 is 0 Å². The lowest BCUT2D eigenvalue weighted by molar-refractivity contribution is 0.325. The lowest BCUT2D eigenvalue weighted by Gasteiger charge is -2.15. The predicted octanol–water partition coefficient (Wildman–Crippen LogP) is 0.0876. The standard InChI is InChI=1S/C13H14N6O4/c1-21-7-5-4-6(9(22-2)10(7)23-3)8-11(20)15-13-17-16-12(14)19(13)18-8/h4-5H,1-3H3,(H2,14,16)(H,15,17,20). The fraction of sp³-hybridized carbons (Fsp3) is 0.231. The molecule has 0 fully saturated rings. The Morgan fingerprint density at radius 3 is 2.48 bits per heavy atom. The van der Waals surface area contributed by atoms with Gasteiger partial charge in [-0.25, -0.2) is 0 Å². The molecule has 0 unspecified atom stereocenters. The third kappa shape index (κ3) is 2.20. The number of aromatic nitrogens is 5. The number of nitrogens with zero attached hydrogens (tertiary/aromatic N) is 4. The third-order valence-electron chi connectivity index (χ3n) is 3.26. The van der Waals surface area contributed by atoms with E-state index in [0.29, 0.717) is 22.8 Å². The van der Waals surface area contributed by atoms with Crippen molar-refractivity contribution in [3.05, 3.63) is 22.5 Å². The Labute approximate surface area is 129 Å². The molecule has 3 rings (SSSR count). The van der Waals surface area contributed by atoms with E-state index in [1.807, 2.05) is 0 Å². The molecule has 0 atom stereocenters. The van der Waals surface area contributed by atoms with E-state index < -0.39 is 5.56 Å². The maximum atomic E-state index is 12.3. The first-order valence-electron chi connectivity index (χ1n) is 6.51. The predicted molar refractivity (Wildman–Crippen MR) is 80.9 cm³/mol. The average molecular weight is 318 g/mol. The number of aromatic amines is 1. The molecule has 0 radical (unpaired) electrons. The number of hydrogen-bond acceptors (Lipinski definition) is 8. The van der Waals surface area contributed by atoms with Crippen LogP contribution in [0.3, 0.4) is 0 Å². The molecule has 10 nitrogen and oxygen atoms in total. The lowest BCUT2D eigenvalue weighted by Crippen LogP contribution is -2.16. The molecule has 2 heterocycles. The van der Waals surface area contributed by atoms with Crippen LogP contribution in [0, 0.1) is 0 Å². The summed E-state index contributed by atoms with van der Waals surface area (Å²) in [6.07, 6.45) is 0. The van der Waals surface area contributed by atoms with E-state index in [1.165, 1.54) is 25.8 Å². The van der Waals surface area contributed by atoms with Crippen LogP contribution in [0.25, 0.3) is 17.0 Å². The number of nitrogens with two attached hydrogens (primary N) is 1. The summed E-state index contributed by atoms with van der Waals surface area (Å²) in [6.45, 7) is 0. The maximum absolute atomic E-state index is 12.3. The van der Waals surface area contributed by atoms with Crippen molar-refractivity contribution < 1.29 is 14.2 Å². The molecule has 0 saturated carbocycles. The first kappa shape index (κ1) is 14.6. The van der Waals surface area contributed by atoms with Gasteiger partial charge in [-0.2, -0.15) is 9.61 Å². The van der Waals surface area contributed by atoms with E-state index in [1.54, 1.807) is 12.1 Å². The number of methoxy groups -OCH3 is 3. The molecule has 120 valence electrons. The number of hydrogen-bond donors (Lipinski definition) is 2. The van der Waals surface area contributed by atoms with Gasteiger partial charge in [0, 0.05) is 0 Å². The SMILES string of the molecule is COc1ccc(-c2nn3c(N)nnc3[nH]c2=O)c(OC)c1OC. The van der Waals surface area contributed by atoms with E-state index in [-0.39, 0.29) is 17.4 Å². The van der Waals surface area contributed by atoms with E-state index in [2.05, 4.69) is 20.3 Å². The summed E-state index contributed by atoms with van der Waals surface area (Å²) in [6, 6.07) is 3.29. The van der Waals surface area contributed by atoms with Crippen molar-refractivity contribution in [1.29, 1.82) is 0 Å². The zero-order chi connectivity index (χ0) is 16.6. The van der Waals surface area contributed by atoms with Crippen molar-refractivity contribution in [2.45, 2.75) is 0 Å². The van der Waals surface area contributed by atoms with Crippen molar-refractivity contribution in [1.82, 2.24) is 24.8 Å². The highest BCUT2D eigenvalue weighted by Gasteiger charge is 2.21. The van der Waals surface area contributed by atoms with E-state index in [9.17, 15) is 4.79 Å². The molecule has 3 N–H and O–H groups in total. The number of anilines is 1. The van der Waals surface area contributed by atoms with Gasteiger partial charge >= 0.3 is 0 Å². The van der Waals surface area contributed by atoms with Crippen LogP contribution in [0.15, 0.2) is 16.9 Å². The molecule has 2 aromatic heterocycles. The highest BCUT2D eigenvalue weighted by Crippen LogP contribution is 2.42. The number of ether oxygens (including phenoxy) is 3. The summed E-state index contributed by atoms with van der Waals surface area (Å²) >= 11 is 0. The normalized spacial score (nSPS) is 10.7. The fourth-order valence-corrected chi connectivity index (χ4v) is 2.24. The van der Waals surface area contributed by atoms with Crippen molar-refractivity contribution in [2.24, 2.45) is 0 Å². The second-order valence-corrected chi connectivity index (χ2v) is 4.48. The van der Waals surface area contributed by atoms with Gasteiger partial charge < -0.3 is 19.9 Å². The molecule has 10 heteroatoms. The summed E-state index contributed by atoms with van der Waals surface area (Å²) in [5.74, 6) is 1.34. The molecule has 0 aliphatic carbocycles. The van der Waals surface area contributed by atoms with Crippen LogP contribution in [0.1, 0.15) is 0 Å². The van der Waals surface area contributed by atoms with Crippen molar-refractivity contribution >= 4 is 11.7 Å². The molecular formula is C13H14N6O4. The molecule has 0 aliphatic rings. The zero-order valence-corrected chi connectivity index (χ0v) is 12.7. The summed E-state index contributed by atoms with van der Waals surface area (Å²) in [7, 11) is 4.44. The first-order valence-corrected chi connectivity index (χ1v) is 6.51. The van der Waals surface area contributed by atoms with Crippen LogP contribution in [-0.4, -0.2) is 46.1 Å². The fourth-order valence-electron chi connectivity index (χ4n) is 2.24. The Hall–Kier alpha value is -3.30.